The molecule has 0 unspecified atom stereocenters. The van der Waals surface area contributed by atoms with Crippen molar-refractivity contribution in [1.29, 1.82) is 0 Å². The number of anilines is 1. The molecule has 138 valence electrons. The molecule has 0 aliphatic carbocycles. The average Bonchev–Trinajstić information content (AvgIpc) is 3.08. The summed E-state index contributed by atoms with van der Waals surface area (Å²) in [6.45, 7) is 6.09. The van der Waals surface area contributed by atoms with E-state index in [1.165, 1.54) is 0 Å². The van der Waals surface area contributed by atoms with Gasteiger partial charge in [-0.1, -0.05) is 38.1 Å². The third-order valence-electron chi connectivity index (χ3n) is 4.43. The summed E-state index contributed by atoms with van der Waals surface area (Å²) >= 11 is 0. The SMILES string of the molecule is Cc1nccn1-c1cccc(C(=O)CC(=O)Nc2cccc(C(C)C)c2)c1. The molecule has 0 aliphatic heterocycles. The van der Waals surface area contributed by atoms with Crippen LogP contribution in [-0.2, 0) is 4.79 Å². The number of nitrogens with one attached hydrogen (secondary N) is 1. The molecular formula is C22H23N3O2. The monoisotopic (exact) mass is 361 g/mol. The van der Waals surface area contributed by atoms with E-state index in [2.05, 4.69) is 24.1 Å². The molecule has 0 spiro atoms. The third kappa shape index (κ3) is 4.50. The first-order chi connectivity index (χ1) is 12.9. The van der Waals surface area contributed by atoms with Crippen molar-refractivity contribution in [2.24, 2.45) is 0 Å². The maximum absolute atomic E-state index is 12.5. The molecule has 1 heterocycles. The smallest absolute Gasteiger partial charge is 0.232 e. The average molecular weight is 361 g/mol. The Labute approximate surface area is 159 Å². The number of aromatic nitrogens is 2. The molecule has 0 saturated carbocycles. The standard InChI is InChI=1S/C22H23N3O2/c1-15(2)17-6-4-8-19(12-17)24-22(27)14-21(26)18-7-5-9-20(13-18)25-11-10-23-16(25)3/h4-13,15H,14H2,1-3H3,(H,24,27). The summed E-state index contributed by atoms with van der Waals surface area (Å²) in [6, 6.07) is 14.9. The number of rotatable bonds is 6. The Morgan fingerprint density at radius 2 is 1.89 bits per heavy atom. The van der Waals surface area contributed by atoms with Gasteiger partial charge >= 0.3 is 0 Å². The van der Waals surface area contributed by atoms with Crippen molar-refractivity contribution in [1.82, 2.24) is 9.55 Å². The zero-order valence-corrected chi connectivity index (χ0v) is 15.8. The van der Waals surface area contributed by atoms with Gasteiger partial charge in [0, 0.05) is 29.3 Å². The van der Waals surface area contributed by atoms with E-state index >= 15 is 0 Å². The summed E-state index contributed by atoms with van der Waals surface area (Å²) < 4.78 is 1.90. The number of aryl methyl sites for hydroxylation is 1. The molecule has 1 amide bonds. The zero-order valence-electron chi connectivity index (χ0n) is 15.8. The Kier molecular flexibility index (Phi) is 5.50. The van der Waals surface area contributed by atoms with Crippen molar-refractivity contribution >= 4 is 17.4 Å². The Balaban J connectivity index is 1.69. The summed E-state index contributed by atoms with van der Waals surface area (Å²) in [4.78, 5) is 29.0. The number of carbonyl (C=O) groups is 2. The maximum Gasteiger partial charge on any atom is 0.232 e. The zero-order chi connectivity index (χ0) is 19.4. The number of nitrogens with zero attached hydrogens (tertiary/aromatic N) is 2. The van der Waals surface area contributed by atoms with E-state index in [9.17, 15) is 9.59 Å². The highest BCUT2D eigenvalue weighted by Crippen LogP contribution is 2.19. The molecular weight excluding hydrogens is 338 g/mol. The van der Waals surface area contributed by atoms with Crippen molar-refractivity contribution < 1.29 is 9.59 Å². The van der Waals surface area contributed by atoms with E-state index < -0.39 is 0 Å². The number of Topliss-reactive ketones (excluding diaryl/α,β-unsaturated/α-hetero) is 1. The normalized spacial score (nSPS) is 10.8. The van der Waals surface area contributed by atoms with Crippen LogP contribution in [0.2, 0.25) is 0 Å². The summed E-state index contributed by atoms with van der Waals surface area (Å²) in [5.41, 5.74) is 3.21. The largest absolute Gasteiger partial charge is 0.326 e. The van der Waals surface area contributed by atoms with Gasteiger partial charge in [0.25, 0.3) is 0 Å². The maximum atomic E-state index is 12.5. The minimum Gasteiger partial charge on any atom is -0.326 e. The number of imidazole rings is 1. The van der Waals surface area contributed by atoms with Crippen LogP contribution >= 0.6 is 0 Å². The quantitative estimate of drug-likeness (QED) is 0.519. The fourth-order valence-electron chi connectivity index (χ4n) is 2.91. The highest BCUT2D eigenvalue weighted by Gasteiger charge is 2.14. The molecule has 5 heteroatoms. The van der Waals surface area contributed by atoms with Crippen LogP contribution in [0.4, 0.5) is 5.69 Å². The van der Waals surface area contributed by atoms with Crippen molar-refractivity contribution in [2.45, 2.75) is 33.1 Å². The van der Waals surface area contributed by atoms with Gasteiger partial charge in [0.05, 0.1) is 6.42 Å². The number of hydrogen-bond donors (Lipinski definition) is 1. The first kappa shape index (κ1) is 18.6. The van der Waals surface area contributed by atoms with E-state index in [-0.39, 0.29) is 18.1 Å². The molecule has 3 aromatic rings. The van der Waals surface area contributed by atoms with Gasteiger partial charge in [-0.3, -0.25) is 9.59 Å². The Hall–Kier alpha value is -3.21. The molecule has 1 aromatic heterocycles. The number of carbonyl (C=O) groups excluding carboxylic acids is 2. The topological polar surface area (TPSA) is 64.0 Å². The van der Waals surface area contributed by atoms with Crippen molar-refractivity contribution in [2.75, 3.05) is 5.32 Å². The second-order valence-electron chi connectivity index (χ2n) is 6.82. The van der Waals surface area contributed by atoms with E-state index in [1.54, 1.807) is 18.3 Å². The highest BCUT2D eigenvalue weighted by atomic mass is 16.2. The lowest BCUT2D eigenvalue weighted by atomic mass is 10.0. The van der Waals surface area contributed by atoms with Gasteiger partial charge in [-0.05, 0) is 42.7 Å². The first-order valence-electron chi connectivity index (χ1n) is 8.97. The molecule has 0 aliphatic rings. The van der Waals surface area contributed by atoms with Gasteiger partial charge in [0.1, 0.15) is 5.82 Å². The number of benzene rings is 2. The highest BCUT2D eigenvalue weighted by molar-refractivity contribution is 6.11. The molecule has 0 fully saturated rings. The van der Waals surface area contributed by atoms with Crippen LogP contribution in [-0.4, -0.2) is 21.2 Å². The van der Waals surface area contributed by atoms with Crippen LogP contribution < -0.4 is 5.32 Å². The second kappa shape index (κ2) is 7.99. The van der Waals surface area contributed by atoms with Crippen LogP contribution in [0.1, 0.15) is 47.9 Å². The van der Waals surface area contributed by atoms with Crippen LogP contribution in [0, 0.1) is 6.92 Å². The number of hydrogen-bond acceptors (Lipinski definition) is 3. The van der Waals surface area contributed by atoms with Gasteiger partial charge in [-0.25, -0.2) is 4.98 Å². The predicted octanol–water partition coefficient (Wildman–Crippen LogP) is 4.52. The van der Waals surface area contributed by atoms with Crippen LogP contribution in [0.3, 0.4) is 0 Å². The van der Waals surface area contributed by atoms with Crippen LogP contribution in [0.5, 0.6) is 0 Å². The second-order valence-corrected chi connectivity index (χ2v) is 6.82. The molecule has 2 aromatic carbocycles. The van der Waals surface area contributed by atoms with Crippen molar-refractivity contribution in [3.8, 4) is 5.69 Å². The van der Waals surface area contributed by atoms with E-state index in [4.69, 9.17) is 0 Å². The predicted molar refractivity (Wildman–Crippen MR) is 106 cm³/mol. The molecule has 1 N–H and O–H groups in total. The molecule has 27 heavy (non-hydrogen) atoms. The number of ketones is 1. The molecule has 0 atom stereocenters. The Bertz CT molecular complexity index is 973. The minimum absolute atomic E-state index is 0.196. The van der Waals surface area contributed by atoms with Gasteiger partial charge in [-0.2, -0.15) is 0 Å². The fraction of sp³-hybridized carbons (Fsp3) is 0.227. The third-order valence-corrected chi connectivity index (χ3v) is 4.43. The van der Waals surface area contributed by atoms with Gasteiger partial charge in [0.15, 0.2) is 5.78 Å². The van der Waals surface area contributed by atoms with E-state index in [0.717, 1.165) is 17.1 Å². The summed E-state index contributed by atoms with van der Waals surface area (Å²) in [5.74, 6) is 0.678. The van der Waals surface area contributed by atoms with Crippen molar-refractivity contribution in [3.63, 3.8) is 0 Å². The Morgan fingerprint density at radius 3 is 2.59 bits per heavy atom. The lowest BCUT2D eigenvalue weighted by Crippen LogP contribution is -2.17. The van der Waals surface area contributed by atoms with Crippen molar-refractivity contribution in [3.05, 3.63) is 77.9 Å². The molecule has 3 rings (SSSR count). The van der Waals surface area contributed by atoms with Crippen LogP contribution in [0.15, 0.2) is 60.9 Å². The summed E-state index contributed by atoms with van der Waals surface area (Å²) in [6.07, 6.45) is 3.36. The fourth-order valence-corrected chi connectivity index (χ4v) is 2.91. The lowest BCUT2D eigenvalue weighted by molar-refractivity contribution is -0.115. The van der Waals surface area contributed by atoms with E-state index in [1.807, 2.05) is 54.1 Å². The first-order valence-corrected chi connectivity index (χ1v) is 8.97. The van der Waals surface area contributed by atoms with Gasteiger partial charge < -0.3 is 9.88 Å². The summed E-state index contributed by atoms with van der Waals surface area (Å²) in [7, 11) is 0. The number of amides is 1. The lowest BCUT2D eigenvalue weighted by Gasteiger charge is -2.10. The molecule has 0 bridgehead atoms. The Morgan fingerprint density at radius 1 is 1.11 bits per heavy atom. The molecule has 0 radical (unpaired) electrons. The minimum atomic E-state index is -0.315. The van der Waals surface area contributed by atoms with Gasteiger partial charge in [0.2, 0.25) is 5.91 Å². The summed E-state index contributed by atoms with van der Waals surface area (Å²) in [5, 5.41) is 2.81. The van der Waals surface area contributed by atoms with Gasteiger partial charge in [-0.15, -0.1) is 0 Å². The molecule has 0 saturated heterocycles. The van der Waals surface area contributed by atoms with E-state index in [0.29, 0.717) is 17.2 Å². The van der Waals surface area contributed by atoms with Crippen LogP contribution in [0.25, 0.3) is 5.69 Å². The molecule has 5 nitrogen and oxygen atoms in total.